The Bertz CT molecular complexity index is 1090. The number of carbonyl (C=O) groups is 1. The van der Waals surface area contributed by atoms with Gasteiger partial charge in [-0.3, -0.25) is 4.79 Å². The van der Waals surface area contributed by atoms with Crippen molar-refractivity contribution in [2.24, 2.45) is 5.92 Å². The van der Waals surface area contributed by atoms with Crippen molar-refractivity contribution >= 4 is 35.0 Å². The molecule has 1 unspecified atom stereocenters. The Hall–Kier alpha value is -2.58. The molecular weight excluding hydrogens is 451 g/mol. The number of benzene rings is 2. The Balaban J connectivity index is 1.71. The van der Waals surface area contributed by atoms with Crippen LogP contribution in [0.2, 0.25) is 5.02 Å². The summed E-state index contributed by atoms with van der Waals surface area (Å²) in [6.45, 7) is 8.50. The van der Waals surface area contributed by atoms with Crippen molar-refractivity contribution in [1.82, 2.24) is 14.8 Å². The molecule has 9 heteroatoms. The van der Waals surface area contributed by atoms with E-state index in [-0.39, 0.29) is 17.4 Å². The fourth-order valence-corrected chi connectivity index (χ4v) is 4.09. The average Bonchev–Trinajstić information content (AvgIpc) is 3.12. The highest BCUT2D eigenvalue weighted by Gasteiger charge is 2.22. The van der Waals surface area contributed by atoms with Gasteiger partial charge in [0, 0.05) is 17.3 Å². The number of halogens is 2. The van der Waals surface area contributed by atoms with Crippen molar-refractivity contribution < 1.29 is 13.9 Å². The van der Waals surface area contributed by atoms with E-state index in [2.05, 4.69) is 29.4 Å². The third kappa shape index (κ3) is 6.23. The number of amides is 1. The first kappa shape index (κ1) is 24.1. The maximum absolute atomic E-state index is 14.0. The lowest BCUT2D eigenvalue weighted by Crippen LogP contribution is -2.17. The minimum absolute atomic E-state index is 0.156. The molecule has 0 aliphatic carbocycles. The van der Waals surface area contributed by atoms with Gasteiger partial charge in [0.1, 0.15) is 0 Å². The maximum Gasteiger partial charge on any atom is 0.234 e. The van der Waals surface area contributed by atoms with Crippen LogP contribution in [0.3, 0.4) is 0 Å². The van der Waals surface area contributed by atoms with Gasteiger partial charge in [0.15, 0.2) is 28.7 Å². The number of aromatic nitrogens is 3. The quantitative estimate of drug-likeness (QED) is 0.389. The molecule has 0 radical (unpaired) electrons. The van der Waals surface area contributed by atoms with Crippen LogP contribution >= 0.6 is 23.4 Å². The van der Waals surface area contributed by atoms with Crippen LogP contribution in [0.25, 0.3) is 0 Å². The summed E-state index contributed by atoms with van der Waals surface area (Å²) in [6, 6.07) is 11.6. The van der Waals surface area contributed by atoms with Gasteiger partial charge < -0.3 is 14.6 Å². The lowest BCUT2D eigenvalue weighted by Gasteiger charge is -2.18. The van der Waals surface area contributed by atoms with Crippen LogP contribution in [-0.2, 0) is 11.3 Å². The SMILES string of the molecule is Cc1cc(Cl)ccc1NC(=O)CSc1nnc(C(C)Oc2ccccc2F)n1CC(C)C. The zero-order valence-corrected chi connectivity index (χ0v) is 20.0. The molecule has 3 aromatic rings. The summed E-state index contributed by atoms with van der Waals surface area (Å²) in [5.41, 5.74) is 1.61. The Labute approximate surface area is 196 Å². The first-order chi connectivity index (χ1) is 15.2. The van der Waals surface area contributed by atoms with E-state index in [4.69, 9.17) is 16.3 Å². The molecule has 6 nitrogen and oxygen atoms in total. The number of hydrogen-bond donors (Lipinski definition) is 1. The molecule has 0 fully saturated rings. The molecular formula is C23H26ClFN4O2S. The standard InChI is InChI=1S/C23H26ClFN4O2S/c1-14(2)12-29-22(16(4)31-20-8-6-5-7-18(20)25)27-28-23(29)32-13-21(30)26-19-10-9-17(24)11-15(19)3/h5-11,14,16H,12-13H2,1-4H3,(H,26,30). The fourth-order valence-electron chi connectivity index (χ4n) is 3.11. The summed E-state index contributed by atoms with van der Waals surface area (Å²) < 4.78 is 21.7. The van der Waals surface area contributed by atoms with E-state index >= 15 is 0 Å². The summed E-state index contributed by atoms with van der Waals surface area (Å²) in [5, 5.41) is 12.7. The minimum Gasteiger partial charge on any atom is -0.480 e. The number of para-hydroxylation sites is 1. The molecule has 1 heterocycles. The second-order valence-corrected chi connectivity index (χ2v) is 9.21. The van der Waals surface area contributed by atoms with E-state index in [1.807, 2.05) is 11.5 Å². The van der Waals surface area contributed by atoms with E-state index in [1.165, 1.54) is 17.8 Å². The highest BCUT2D eigenvalue weighted by Crippen LogP contribution is 2.27. The molecule has 0 spiro atoms. The molecule has 0 saturated heterocycles. The first-order valence-electron chi connectivity index (χ1n) is 10.3. The number of nitrogens with zero attached hydrogens (tertiary/aromatic N) is 3. The van der Waals surface area contributed by atoms with Crippen LogP contribution < -0.4 is 10.1 Å². The predicted molar refractivity (Wildman–Crippen MR) is 126 cm³/mol. The zero-order valence-electron chi connectivity index (χ0n) is 18.4. The Morgan fingerprint density at radius 2 is 1.97 bits per heavy atom. The monoisotopic (exact) mass is 476 g/mol. The Kier molecular flexibility index (Phi) is 8.15. The third-order valence-electron chi connectivity index (χ3n) is 4.59. The second kappa shape index (κ2) is 10.8. The van der Waals surface area contributed by atoms with E-state index in [1.54, 1.807) is 43.3 Å². The van der Waals surface area contributed by atoms with Crippen molar-refractivity contribution in [3.05, 3.63) is 64.7 Å². The molecule has 3 rings (SSSR count). The van der Waals surface area contributed by atoms with Gasteiger partial charge in [-0.2, -0.15) is 0 Å². The first-order valence-corrected chi connectivity index (χ1v) is 11.6. The number of nitrogens with one attached hydrogen (secondary N) is 1. The molecule has 0 aliphatic rings. The topological polar surface area (TPSA) is 69.0 Å². The molecule has 0 aliphatic heterocycles. The summed E-state index contributed by atoms with van der Waals surface area (Å²) in [4.78, 5) is 12.5. The summed E-state index contributed by atoms with van der Waals surface area (Å²) in [5.74, 6) is 0.635. The predicted octanol–water partition coefficient (Wildman–Crippen LogP) is 5.91. The lowest BCUT2D eigenvalue weighted by atomic mass is 10.2. The molecule has 1 amide bonds. The van der Waals surface area contributed by atoms with Crippen molar-refractivity contribution in [3.8, 4) is 5.75 Å². The second-order valence-electron chi connectivity index (χ2n) is 7.83. The highest BCUT2D eigenvalue weighted by molar-refractivity contribution is 7.99. The number of ether oxygens (including phenoxy) is 1. The van der Waals surface area contributed by atoms with Gasteiger partial charge in [-0.15, -0.1) is 10.2 Å². The minimum atomic E-state index is -0.516. The lowest BCUT2D eigenvalue weighted by molar-refractivity contribution is -0.113. The van der Waals surface area contributed by atoms with Crippen LogP contribution in [0.15, 0.2) is 47.6 Å². The number of carbonyl (C=O) groups excluding carboxylic acids is 1. The van der Waals surface area contributed by atoms with Crippen molar-refractivity contribution in [3.63, 3.8) is 0 Å². The van der Waals surface area contributed by atoms with Gasteiger partial charge in [0.2, 0.25) is 5.91 Å². The number of anilines is 1. The van der Waals surface area contributed by atoms with Gasteiger partial charge in [-0.1, -0.05) is 49.3 Å². The molecule has 1 aromatic heterocycles. The molecule has 1 atom stereocenters. The maximum atomic E-state index is 14.0. The van der Waals surface area contributed by atoms with Crippen LogP contribution in [0, 0.1) is 18.7 Å². The molecule has 0 bridgehead atoms. The largest absolute Gasteiger partial charge is 0.480 e. The molecule has 1 N–H and O–H groups in total. The molecule has 2 aromatic carbocycles. The number of rotatable bonds is 9. The van der Waals surface area contributed by atoms with Gasteiger partial charge >= 0.3 is 0 Å². The summed E-state index contributed by atoms with van der Waals surface area (Å²) >= 11 is 7.27. The Morgan fingerprint density at radius 3 is 2.66 bits per heavy atom. The van der Waals surface area contributed by atoms with Crippen molar-refractivity contribution in [2.75, 3.05) is 11.1 Å². The van der Waals surface area contributed by atoms with Crippen molar-refractivity contribution in [2.45, 2.75) is 45.5 Å². The zero-order chi connectivity index (χ0) is 23.3. The summed E-state index contributed by atoms with van der Waals surface area (Å²) in [7, 11) is 0. The fraction of sp³-hybridized carbons (Fsp3) is 0.348. The summed E-state index contributed by atoms with van der Waals surface area (Å²) in [6.07, 6.45) is -0.516. The normalized spacial score (nSPS) is 12.1. The van der Waals surface area contributed by atoms with E-state index in [0.29, 0.717) is 28.5 Å². The van der Waals surface area contributed by atoms with E-state index in [9.17, 15) is 9.18 Å². The van der Waals surface area contributed by atoms with E-state index < -0.39 is 11.9 Å². The number of hydrogen-bond acceptors (Lipinski definition) is 5. The van der Waals surface area contributed by atoms with Gasteiger partial charge in [0.25, 0.3) is 0 Å². The number of aryl methyl sites for hydroxylation is 1. The van der Waals surface area contributed by atoms with Crippen LogP contribution in [0.1, 0.15) is 38.3 Å². The van der Waals surface area contributed by atoms with E-state index in [0.717, 1.165) is 11.3 Å². The Morgan fingerprint density at radius 1 is 1.22 bits per heavy atom. The van der Waals surface area contributed by atoms with Crippen LogP contribution in [0.5, 0.6) is 5.75 Å². The van der Waals surface area contributed by atoms with Crippen LogP contribution in [-0.4, -0.2) is 26.4 Å². The van der Waals surface area contributed by atoms with Crippen molar-refractivity contribution in [1.29, 1.82) is 0 Å². The van der Waals surface area contributed by atoms with Crippen LogP contribution in [0.4, 0.5) is 10.1 Å². The smallest absolute Gasteiger partial charge is 0.234 e. The van der Waals surface area contributed by atoms with Gasteiger partial charge in [0.05, 0.1) is 5.75 Å². The average molecular weight is 477 g/mol. The van der Waals surface area contributed by atoms with Gasteiger partial charge in [-0.25, -0.2) is 4.39 Å². The highest BCUT2D eigenvalue weighted by atomic mass is 35.5. The third-order valence-corrected chi connectivity index (χ3v) is 5.79. The molecule has 170 valence electrons. The molecule has 0 saturated carbocycles. The molecule has 32 heavy (non-hydrogen) atoms. The number of thioether (sulfide) groups is 1. The van der Waals surface area contributed by atoms with Gasteiger partial charge in [-0.05, 0) is 55.7 Å².